The van der Waals surface area contributed by atoms with Crippen LogP contribution >= 0.6 is 11.3 Å². The van der Waals surface area contributed by atoms with Gasteiger partial charge in [0.2, 0.25) is 0 Å². The minimum absolute atomic E-state index is 0.0576. The predicted molar refractivity (Wildman–Crippen MR) is 105 cm³/mol. The standard InChI is InChI=1S/C19H18N6OS/c26-8-7-25-11-13(10-21-25)22-18-16-14-4-1-5-15(14)27-19(16)24-17(23-18)12-3-2-6-20-9-12/h2-3,6,9-11,26H,1,4-5,7-8H2,(H,22,23,24). The molecule has 0 atom stereocenters. The summed E-state index contributed by atoms with van der Waals surface area (Å²) in [6.07, 6.45) is 10.5. The first-order valence-electron chi connectivity index (χ1n) is 8.95. The SMILES string of the molecule is OCCn1cc(Nc2nc(-c3cccnc3)nc3sc4c(c23)CCC4)cn1. The normalized spacial score (nSPS) is 13.2. The fourth-order valence-electron chi connectivity index (χ4n) is 3.50. The van der Waals surface area contributed by atoms with Crippen molar-refractivity contribution in [3.8, 4) is 11.4 Å². The average molecular weight is 378 g/mol. The van der Waals surface area contributed by atoms with E-state index in [0.29, 0.717) is 12.4 Å². The average Bonchev–Trinajstić information content (AvgIpc) is 3.39. The molecule has 27 heavy (non-hydrogen) atoms. The molecule has 1 aliphatic rings. The van der Waals surface area contributed by atoms with Gasteiger partial charge in [0.25, 0.3) is 0 Å². The van der Waals surface area contributed by atoms with E-state index in [4.69, 9.17) is 15.1 Å². The Bertz CT molecular complexity index is 1100. The number of aromatic nitrogens is 5. The molecule has 0 bridgehead atoms. The minimum atomic E-state index is 0.0576. The number of pyridine rings is 1. The molecule has 1 aliphatic carbocycles. The first-order valence-corrected chi connectivity index (χ1v) is 9.76. The number of hydrogen-bond acceptors (Lipinski definition) is 7. The second-order valence-corrected chi connectivity index (χ2v) is 7.60. The lowest BCUT2D eigenvalue weighted by Crippen LogP contribution is -2.02. The molecule has 8 heteroatoms. The first-order chi connectivity index (χ1) is 13.3. The highest BCUT2D eigenvalue weighted by Gasteiger charge is 2.23. The molecule has 0 spiro atoms. The van der Waals surface area contributed by atoms with Crippen molar-refractivity contribution in [3.05, 3.63) is 47.4 Å². The van der Waals surface area contributed by atoms with Crippen LogP contribution in [0.2, 0.25) is 0 Å². The minimum Gasteiger partial charge on any atom is -0.394 e. The molecule has 0 fully saturated rings. The number of rotatable bonds is 5. The van der Waals surface area contributed by atoms with Crippen molar-refractivity contribution in [1.29, 1.82) is 0 Å². The molecule has 0 saturated heterocycles. The van der Waals surface area contributed by atoms with E-state index in [-0.39, 0.29) is 6.61 Å². The molecule has 136 valence electrons. The molecule has 2 N–H and O–H groups in total. The Balaban J connectivity index is 1.63. The highest BCUT2D eigenvalue weighted by Crippen LogP contribution is 2.41. The van der Waals surface area contributed by atoms with E-state index in [2.05, 4.69) is 15.4 Å². The lowest BCUT2D eigenvalue weighted by molar-refractivity contribution is 0.269. The van der Waals surface area contributed by atoms with Gasteiger partial charge < -0.3 is 10.4 Å². The van der Waals surface area contributed by atoms with Gasteiger partial charge >= 0.3 is 0 Å². The number of nitrogens with zero attached hydrogens (tertiary/aromatic N) is 5. The molecular weight excluding hydrogens is 360 g/mol. The Kier molecular flexibility index (Phi) is 4.06. The second-order valence-electron chi connectivity index (χ2n) is 6.52. The van der Waals surface area contributed by atoms with Gasteiger partial charge in [0.15, 0.2) is 5.82 Å². The lowest BCUT2D eigenvalue weighted by Gasteiger charge is -2.09. The van der Waals surface area contributed by atoms with Crippen molar-refractivity contribution in [2.45, 2.75) is 25.8 Å². The van der Waals surface area contributed by atoms with Crippen LogP contribution in [0.3, 0.4) is 0 Å². The van der Waals surface area contributed by atoms with Gasteiger partial charge in [-0.2, -0.15) is 5.10 Å². The molecule has 0 amide bonds. The van der Waals surface area contributed by atoms with Gasteiger partial charge in [-0.3, -0.25) is 9.67 Å². The van der Waals surface area contributed by atoms with Crippen LogP contribution in [0.15, 0.2) is 36.9 Å². The second kappa shape index (κ2) is 6.71. The molecule has 5 rings (SSSR count). The monoisotopic (exact) mass is 378 g/mol. The van der Waals surface area contributed by atoms with E-state index < -0.39 is 0 Å². The highest BCUT2D eigenvalue weighted by atomic mass is 32.1. The Morgan fingerprint density at radius 3 is 3.04 bits per heavy atom. The van der Waals surface area contributed by atoms with Gasteiger partial charge in [-0.05, 0) is 37.0 Å². The van der Waals surface area contributed by atoms with Crippen LogP contribution in [0.25, 0.3) is 21.6 Å². The first kappa shape index (κ1) is 16.3. The van der Waals surface area contributed by atoms with Crippen LogP contribution in [-0.4, -0.2) is 36.4 Å². The fraction of sp³-hybridized carbons (Fsp3) is 0.263. The molecule has 7 nitrogen and oxygen atoms in total. The summed E-state index contributed by atoms with van der Waals surface area (Å²) in [6, 6.07) is 3.86. The molecule has 0 aliphatic heterocycles. The van der Waals surface area contributed by atoms with Crippen molar-refractivity contribution in [2.24, 2.45) is 0 Å². The summed E-state index contributed by atoms with van der Waals surface area (Å²) in [5, 5.41) is 17.9. The van der Waals surface area contributed by atoms with E-state index in [9.17, 15) is 0 Å². The zero-order valence-corrected chi connectivity index (χ0v) is 15.4. The largest absolute Gasteiger partial charge is 0.394 e. The number of hydrogen-bond donors (Lipinski definition) is 2. The van der Waals surface area contributed by atoms with Crippen LogP contribution in [0.1, 0.15) is 16.9 Å². The number of nitrogens with one attached hydrogen (secondary N) is 1. The van der Waals surface area contributed by atoms with E-state index >= 15 is 0 Å². The van der Waals surface area contributed by atoms with Crippen molar-refractivity contribution in [1.82, 2.24) is 24.7 Å². The van der Waals surface area contributed by atoms with Gasteiger partial charge in [0.1, 0.15) is 10.6 Å². The van der Waals surface area contributed by atoms with E-state index in [1.165, 1.54) is 16.9 Å². The summed E-state index contributed by atoms with van der Waals surface area (Å²) in [4.78, 5) is 16.3. The molecular formula is C19H18N6OS. The topological polar surface area (TPSA) is 88.8 Å². The van der Waals surface area contributed by atoms with Crippen LogP contribution < -0.4 is 5.32 Å². The van der Waals surface area contributed by atoms with Gasteiger partial charge in [0, 0.05) is 29.0 Å². The summed E-state index contributed by atoms with van der Waals surface area (Å²) in [5.41, 5.74) is 3.11. The number of anilines is 2. The maximum absolute atomic E-state index is 9.09. The summed E-state index contributed by atoms with van der Waals surface area (Å²) < 4.78 is 1.71. The van der Waals surface area contributed by atoms with Crippen molar-refractivity contribution >= 4 is 33.1 Å². The molecule has 0 unspecified atom stereocenters. The van der Waals surface area contributed by atoms with Crippen LogP contribution in [0, 0.1) is 0 Å². The number of aryl methyl sites for hydroxylation is 2. The summed E-state index contributed by atoms with van der Waals surface area (Å²) in [6.45, 7) is 0.526. The third kappa shape index (κ3) is 2.96. The Hall–Kier alpha value is -2.84. The van der Waals surface area contributed by atoms with Gasteiger partial charge in [0.05, 0.1) is 30.4 Å². The zero-order chi connectivity index (χ0) is 18.2. The van der Waals surface area contributed by atoms with E-state index in [1.54, 1.807) is 34.6 Å². The summed E-state index contributed by atoms with van der Waals surface area (Å²) >= 11 is 1.77. The number of thiophene rings is 1. The fourth-order valence-corrected chi connectivity index (χ4v) is 4.76. The molecule has 0 saturated carbocycles. The van der Waals surface area contributed by atoms with Gasteiger partial charge in [-0.1, -0.05) is 0 Å². The predicted octanol–water partition coefficient (Wildman–Crippen LogP) is 3.17. The van der Waals surface area contributed by atoms with Crippen LogP contribution in [0.5, 0.6) is 0 Å². The molecule has 0 aromatic carbocycles. The van der Waals surface area contributed by atoms with Crippen molar-refractivity contribution in [2.75, 3.05) is 11.9 Å². The summed E-state index contributed by atoms with van der Waals surface area (Å²) in [7, 11) is 0. The molecule has 0 radical (unpaired) electrons. The molecule has 4 aromatic rings. The smallest absolute Gasteiger partial charge is 0.164 e. The zero-order valence-electron chi connectivity index (χ0n) is 14.6. The van der Waals surface area contributed by atoms with Crippen molar-refractivity contribution < 1.29 is 5.11 Å². The van der Waals surface area contributed by atoms with Crippen LogP contribution in [0.4, 0.5) is 11.5 Å². The number of aliphatic hydroxyl groups is 1. The Morgan fingerprint density at radius 2 is 2.19 bits per heavy atom. The number of fused-ring (bicyclic) bond motifs is 3. The Morgan fingerprint density at radius 1 is 1.22 bits per heavy atom. The van der Waals surface area contributed by atoms with E-state index in [1.807, 2.05) is 18.3 Å². The van der Waals surface area contributed by atoms with E-state index in [0.717, 1.165) is 40.1 Å². The third-order valence-corrected chi connectivity index (χ3v) is 5.90. The van der Waals surface area contributed by atoms with Gasteiger partial charge in [-0.15, -0.1) is 11.3 Å². The quantitative estimate of drug-likeness (QED) is 0.554. The van der Waals surface area contributed by atoms with Crippen molar-refractivity contribution in [3.63, 3.8) is 0 Å². The molecule has 4 heterocycles. The maximum Gasteiger partial charge on any atom is 0.164 e. The van der Waals surface area contributed by atoms with Crippen LogP contribution in [-0.2, 0) is 19.4 Å². The number of aliphatic hydroxyl groups excluding tert-OH is 1. The molecule has 4 aromatic heterocycles. The summed E-state index contributed by atoms with van der Waals surface area (Å²) in [5.74, 6) is 1.47. The third-order valence-electron chi connectivity index (χ3n) is 4.71. The highest BCUT2D eigenvalue weighted by molar-refractivity contribution is 7.19. The lowest BCUT2D eigenvalue weighted by atomic mass is 10.2. The van der Waals surface area contributed by atoms with Gasteiger partial charge in [-0.25, -0.2) is 9.97 Å². The maximum atomic E-state index is 9.09. The Labute approximate surface area is 159 Å².